The zero-order valence-electron chi connectivity index (χ0n) is 9.96. The molecule has 0 amide bonds. The lowest BCUT2D eigenvalue weighted by Crippen LogP contribution is -2.10. The van der Waals surface area contributed by atoms with E-state index < -0.39 is 23.7 Å². The van der Waals surface area contributed by atoms with Gasteiger partial charge >= 0.3 is 6.18 Å². The molecule has 0 aliphatic carbocycles. The molecule has 2 aromatic rings. The molecule has 0 bridgehead atoms. The molecule has 0 radical (unpaired) electrons. The van der Waals surface area contributed by atoms with Crippen molar-refractivity contribution in [2.24, 2.45) is 0 Å². The molecule has 0 aromatic heterocycles. The van der Waals surface area contributed by atoms with Crippen LogP contribution >= 0.6 is 15.9 Å². The molecule has 0 heterocycles. The zero-order valence-corrected chi connectivity index (χ0v) is 11.5. The molecule has 2 aromatic carbocycles. The minimum atomic E-state index is -4.80. The molecule has 0 fully saturated rings. The van der Waals surface area contributed by atoms with Gasteiger partial charge in [-0.2, -0.15) is 13.2 Å². The lowest BCUT2D eigenvalue weighted by atomic mass is 9.99. The Bertz CT molecular complexity index is 625. The van der Waals surface area contributed by atoms with Crippen LogP contribution in [0, 0.1) is 5.82 Å². The van der Waals surface area contributed by atoms with Crippen LogP contribution in [0.4, 0.5) is 17.6 Å². The standard InChI is InChI=1S/C14H9BrF4O/c15-11-4-2-1-3-9(11)13(20)8-5-6-12(16)10(7-8)14(17,18)19/h1-7,13,20H. The van der Waals surface area contributed by atoms with E-state index in [4.69, 9.17) is 0 Å². The largest absolute Gasteiger partial charge is 0.419 e. The fourth-order valence-electron chi connectivity index (χ4n) is 1.81. The smallest absolute Gasteiger partial charge is 0.384 e. The van der Waals surface area contributed by atoms with Crippen molar-refractivity contribution in [1.29, 1.82) is 0 Å². The molecular weight excluding hydrogens is 340 g/mol. The van der Waals surface area contributed by atoms with Gasteiger partial charge in [-0.15, -0.1) is 0 Å². The van der Waals surface area contributed by atoms with Crippen molar-refractivity contribution in [1.82, 2.24) is 0 Å². The Hall–Kier alpha value is -1.40. The third-order valence-corrected chi connectivity index (χ3v) is 3.53. The van der Waals surface area contributed by atoms with Crippen molar-refractivity contribution in [3.63, 3.8) is 0 Å². The first-order valence-electron chi connectivity index (χ1n) is 5.60. The molecule has 0 spiro atoms. The molecule has 0 aliphatic heterocycles. The lowest BCUT2D eigenvalue weighted by molar-refractivity contribution is -0.140. The van der Waals surface area contributed by atoms with Gasteiger partial charge < -0.3 is 5.11 Å². The van der Waals surface area contributed by atoms with Gasteiger partial charge in [0.25, 0.3) is 0 Å². The molecular formula is C14H9BrF4O. The highest BCUT2D eigenvalue weighted by molar-refractivity contribution is 9.10. The van der Waals surface area contributed by atoms with Crippen molar-refractivity contribution in [2.45, 2.75) is 12.3 Å². The minimum absolute atomic E-state index is 0.0226. The van der Waals surface area contributed by atoms with Gasteiger partial charge in [0.05, 0.1) is 5.56 Å². The van der Waals surface area contributed by atoms with E-state index in [0.29, 0.717) is 22.2 Å². The molecule has 1 atom stereocenters. The molecule has 1 N–H and O–H groups in total. The summed E-state index contributed by atoms with van der Waals surface area (Å²) < 4.78 is 51.7. The third kappa shape index (κ3) is 3.02. The summed E-state index contributed by atoms with van der Waals surface area (Å²) >= 11 is 3.21. The van der Waals surface area contributed by atoms with E-state index in [-0.39, 0.29) is 5.56 Å². The van der Waals surface area contributed by atoms with Crippen LogP contribution in [0.3, 0.4) is 0 Å². The topological polar surface area (TPSA) is 20.2 Å². The number of aliphatic hydroxyl groups excluding tert-OH is 1. The van der Waals surface area contributed by atoms with Crippen molar-refractivity contribution in [2.75, 3.05) is 0 Å². The molecule has 0 saturated heterocycles. The predicted octanol–water partition coefficient (Wildman–Crippen LogP) is 4.69. The molecule has 6 heteroatoms. The Labute approximate surface area is 121 Å². The summed E-state index contributed by atoms with van der Waals surface area (Å²) in [6.45, 7) is 0. The van der Waals surface area contributed by atoms with Crippen molar-refractivity contribution in [3.05, 3.63) is 69.4 Å². The van der Waals surface area contributed by atoms with E-state index in [0.717, 1.165) is 6.07 Å². The van der Waals surface area contributed by atoms with E-state index in [1.54, 1.807) is 24.3 Å². The molecule has 106 valence electrons. The van der Waals surface area contributed by atoms with Crippen molar-refractivity contribution >= 4 is 15.9 Å². The maximum absolute atomic E-state index is 13.2. The van der Waals surface area contributed by atoms with Crippen LogP contribution in [0.1, 0.15) is 22.8 Å². The van der Waals surface area contributed by atoms with Gasteiger partial charge in [-0.3, -0.25) is 0 Å². The third-order valence-electron chi connectivity index (χ3n) is 2.81. The molecule has 1 unspecified atom stereocenters. The van der Waals surface area contributed by atoms with E-state index in [2.05, 4.69) is 15.9 Å². The number of hydrogen-bond donors (Lipinski definition) is 1. The van der Waals surface area contributed by atoms with Gasteiger partial charge in [0.2, 0.25) is 0 Å². The van der Waals surface area contributed by atoms with Crippen LogP contribution in [0.25, 0.3) is 0 Å². The van der Waals surface area contributed by atoms with Gasteiger partial charge in [0.15, 0.2) is 0 Å². The molecule has 2 rings (SSSR count). The monoisotopic (exact) mass is 348 g/mol. The summed E-state index contributed by atoms with van der Waals surface area (Å²) in [7, 11) is 0. The Morgan fingerprint density at radius 2 is 1.70 bits per heavy atom. The van der Waals surface area contributed by atoms with E-state index in [1.165, 1.54) is 0 Å². The first kappa shape index (κ1) is 15.0. The van der Waals surface area contributed by atoms with Gasteiger partial charge in [-0.05, 0) is 29.3 Å². The second-order valence-electron chi connectivity index (χ2n) is 4.16. The quantitative estimate of drug-likeness (QED) is 0.780. The first-order valence-corrected chi connectivity index (χ1v) is 6.39. The second-order valence-corrected chi connectivity index (χ2v) is 5.02. The first-order chi connectivity index (χ1) is 9.30. The number of aliphatic hydroxyl groups is 1. The Morgan fingerprint density at radius 1 is 1.05 bits per heavy atom. The van der Waals surface area contributed by atoms with E-state index in [1.807, 2.05) is 0 Å². The molecule has 0 aliphatic rings. The number of rotatable bonds is 2. The Kier molecular flexibility index (Phi) is 4.15. The number of halogens is 5. The summed E-state index contributed by atoms with van der Waals surface area (Å²) in [6, 6.07) is 9.06. The molecule has 1 nitrogen and oxygen atoms in total. The van der Waals surface area contributed by atoms with E-state index in [9.17, 15) is 22.7 Å². The highest BCUT2D eigenvalue weighted by Crippen LogP contribution is 2.35. The fourth-order valence-corrected chi connectivity index (χ4v) is 2.31. The van der Waals surface area contributed by atoms with Gasteiger partial charge in [-0.1, -0.05) is 40.2 Å². The van der Waals surface area contributed by atoms with Crippen molar-refractivity contribution in [3.8, 4) is 0 Å². The lowest BCUT2D eigenvalue weighted by Gasteiger charge is -2.16. The van der Waals surface area contributed by atoms with Crippen LogP contribution in [-0.4, -0.2) is 5.11 Å². The van der Waals surface area contributed by atoms with Crippen molar-refractivity contribution < 1.29 is 22.7 Å². The second kappa shape index (κ2) is 5.54. The van der Waals surface area contributed by atoms with Crippen LogP contribution in [0.5, 0.6) is 0 Å². The zero-order chi connectivity index (χ0) is 14.9. The van der Waals surface area contributed by atoms with Gasteiger partial charge in [0, 0.05) is 4.47 Å². The molecule has 20 heavy (non-hydrogen) atoms. The number of alkyl halides is 3. The average molecular weight is 349 g/mol. The summed E-state index contributed by atoms with van der Waals surface area (Å²) in [6.07, 6.45) is -6.07. The Morgan fingerprint density at radius 3 is 2.30 bits per heavy atom. The number of benzene rings is 2. The number of hydrogen-bond acceptors (Lipinski definition) is 1. The van der Waals surface area contributed by atoms with Crippen LogP contribution in [0.2, 0.25) is 0 Å². The minimum Gasteiger partial charge on any atom is -0.384 e. The van der Waals surface area contributed by atoms with Gasteiger partial charge in [0.1, 0.15) is 11.9 Å². The summed E-state index contributed by atoms with van der Waals surface area (Å²) in [5.41, 5.74) is -1.00. The highest BCUT2D eigenvalue weighted by Gasteiger charge is 2.34. The predicted molar refractivity (Wildman–Crippen MR) is 69.6 cm³/mol. The maximum Gasteiger partial charge on any atom is 0.419 e. The highest BCUT2D eigenvalue weighted by atomic mass is 79.9. The van der Waals surface area contributed by atoms with Crippen LogP contribution in [0.15, 0.2) is 46.9 Å². The molecule has 0 saturated carbocycles. The SMILES string of the molecule is OC(c1ccc(F)c(C(F)(F)F)c1)c1ccccc1Br. The van der Waals surface area contributed by atoms with Crippen LogP contribution < -0.4 is 0 Å². The summed E-state index contributed by atoms with van der Waals surface area (Å²) in [5, 5.41) is 10.1. The fraction of sp³-hybridized carbons (Fsp3) is 0.143. The van der Waals surface area contributed by atoms with Crippen LogP contribution in [-0.2, 0) is 6.18 Å². The van der Waals surface area contributed by atoms with E-state index >= 15 is 0 Å². The Balaban J connectivity index is 2.46. The van der Waals surface area contributed by atoms with Gasteiger partial charge in [-0.25, -0.2) is 4.39 Å². The maximum atomic E-state index is 13.2. The summed E-state index contributed by atoms with van der Waals surface area (Å²) in [4.78, 5) is 0. The summed E-state index contributed by atoms with van der Waals surface area (Å²) in [5.74, 6) is -1.36. The average Bonchev–Trinajstić information content (AvgIpc) is 2.37. The normalized spacial score (nSPS) is 13.3.